The van der Waals surface area contributed by atoms with Crippen LogP contribution in [0.5, 0.6) is 5.75 Å². The summed E-state index contributed by atoms with van der Waals surface area (Å²) in [7, 11) is 0. The van der Waals surface area contributed by atoms with E-state index in [0.717, 1.165) is 55.0 Å². The number of rotatable bonds is 8. The fourth-order valence-corrected chi connectivity index (χ4v) is 3.74. The van der Waals surface area contributed by atoms with Gasteiger partial charge in [-0.2, -0.15) is 0 Å². The van der Waals surface area contributed by atoms with Gasteiger partial charge in [-0.05, 0) is 74.7 Å². The summed E-state index contributed by atoms with van der Waals surface area (Å²) in [6, 6.07) is 13.8. The van der Waals surface area contributed by atoms with Gasteiger partial charge in [-0.1, -0.05) is 24.3 Å². The van der Waals surface area contributed by atoms with E-state index in [2.05, 4.69) is 16.3 Å². The molecule has 0 unspecified atom stereocenters. The molecule has 2 aromatic carbocycles. The maximum atomic E-state index is 12.3. The average molecular weight is 410 g/mol. The predicted molar refractivity (Wildman–Crippen MR) is 118 cm³/mol. The Morgan fingerprint density at radius 3 is 2.60 bits per heavy atom. The number of nitrogens with two attached hydrogens (primary N) is 1. The fourth-order valence-electron chi connectivity index (χ4n) is 3.74. The van der Waals surface area contributed by atoms with Crippen molar-refractivity contribution in [1.29, 1.82) is 0 Å². The molecule has 3 rings (SSSR count). The number of nitrogens with one attached hydrogen (secondary N) is 1. The Labute approximate surface area is 178 Å². The number of anilines is 1. The second kappa shape index (κ2) is 10.3. The quantitative estimate of drug-likeness (QED) is 0.700. The molecule has 6 heteroatoms. The summed E-state index contributed by atoms with van der Waals surface area (Å²) in [5.74, 6) is 0.559. The molecule has 0 atom stereocenters. The molecule has 0 aliphatic carbocycles. The summed E-state index contributed by atoms with van der Waals surface area (Å²) in [5.41, 5.74) is 9.61. The molecule has 1 aliphatic heterocycles. The number of hydrogen-bond donors (Lipinski definition) is 2. The second-order valence-electron chi connectivity index (χ2n) is 8.00. The van der Waals surface area contributed by atoms with Crippen LogP contribution in [0.15, 0.2) is 42.5 Å². The lowest BCUT2D eigenvalue weighted by atomic mass is 9.96. The third-order valence-corrected chi connectivity index (χ3v) is 5.75. The van der Waals surface area contributed by atoms with Crippen LogP contribution in [0.4, 0.5) is 5.69 Å². The first kappa shape index (κ1) is 21.8. The van der Waals surface area contributed by atoms with Gasteiger partial charge < -0.3 is 15.8 Å². The van der Waals surface area contributed by atoms with Gasteiger partial charge in [0.05, 0.1) is 13.0 Å². The first-order valence-electron chi connectivity index (χ1n) is 10.5. The molecule has 0 aromatic heterocycles. The number of ether oxygens (including phenoxy) is 1. The Morgan fingerprint density at radius 1 is 1.13 bits per heavy atom. The summed E-state index contributed by atoms with van der Waals surface area (Å²) in [6.07, 6.45) is 1.91. The molecule has 0 bridgehead atoms. The van der Waals surface area contributed by atoms with Crippen molar-refractivity contribution in [2.24, 2.45) is 11.7 Å². The maximum Gasteiger partial charge on any atom is 0.227 e. The molecule has 1 heterocycles. The number of piperidine rings is 1. The van der Waals surface area contributed by atoms with Gasteiger partial charge in [0, 0.05) is 18.2 Å². The SMILES string of the molecule is Cc1cccc(OCCC(=O)Nc2cccc(CN3CCC(C(N)=O)CC3)c2)c1C. The van der Waals surface area contributed by atoms with Crippen LogP contribution in [0.3, 0.4) is 0 Å². The lowest BCUT2D eigenvalue weighted by Crippen LogP contribution is -2.38. The highest BCUT2D eigenvalue weighted by Gasteiger charge is 2.23. The van der Waals surface area contributed by atoms with Crippen LogP contribution in [-0.4, -0.2) is 36.4 Å². The van der Waals surface area contributed by atoms with Crippen LogP contribution in [0.1, 0.15) is 36.0 Å². The van der Waals surface area contributed by atoms with E-state index in [4.69, 9.17) is 10.5 Å². The fraction of sp³-hybridized carbons (Fsp3) is 0.417. The van der Waals surface area contributed by atoms with Crippen molar-refractivity contribution in [2.75, 3.05) is 25.0 Å². The summed E-state index contributed by atoms with van der Waals surface area (Å²) in [4.78, 5) is 25.9. The van der Waals surface area contributed by atoms with Gasteiger partial charge in [0.2, 0.25) is 11.8 Å². The first-order chi connectivity index (χ1) is 14.4. The van der Waals surface area contributed by atoms with Crippen LogP contribution < -0.4 is 15.8 Å². The smallest absolute Gasteiger partial charge is 0.227 e. The van der Waals surface area contributed by atoms with Gasteiger partial charge in [0.1, 0.15) is 5.75 Å². The highest BCUT2D eigenvalue weighted by molar-refractivity contribution is 5.90. The number of carbonyl (C=O) groups is 2. The van der Waals surface area contributed by atoms with Crippen molar-refractivity contribution in [3.05, 3.63) is 59.2 Å². The Kier molecular flexibility index (Phi) is 7.46. The number of aryl methyl sites for hydroxylation is 1. The largest absolute Gasteiger partial charge is 0.493 e. The van der Waals surface area contributed by atoms with Crippen molar-refractivity contribution in [3.63, 3.8) is 0 Å². The highest BCUT2D eigenvalue weighted by atomic mass is 16.5. The molecule has 2 aromatic rings. The number of nitrogens with zero attached hydrogens (tertiary/aromatic N) is 1. The minimum Gasteiger partial charge on any atom is -0.493 e. The van der Waals surface area contributed by atoms with E-state index < -0.39 is 0 Å². The number of hydrogen-bond acceptors (Lipinski definition) is 4. The average Bonchev–Trinajstić information content (AvgIpc) is 2.72. The van der Waals surface area contributed by atoms with Gasteiger partial charge in [-0.25, -0.2) is 0 Å². The molecule has 0 radical (unpaired) electrons. The Bertz CT molecular complexity index is 889. The normalized spacial score (nSPS) is 15.0. The van der Waals surface area contributed by atoms with Crippen LogP contribution >= 0.6 is 0 Å². The molecule has 1 fully saturated rings. The van der Waals surface area contributed by atoms with Gasteiger partial charge >= 0.3 is 0 Å². The van der Waals surface area contributed by atoms with Crippen molar-refractivity contribution < 1.29 is 14.3 Å². The van der Waals surface area contributed by atoms with Gasteiger partial charge in [0.25, 0.3) is 0 Å². The van der Waals surface area contributed by atoms with E-state index in [0.29, 0.717) is 6.61 Å². The van der Waals surface area contributed by atoms with Crippen molar-refractivity contribution in [3.8, 4) is 5.75 Å². The van der Waals surface area contributed by atoms with Gasteiger partial charge in [0.15, 0.2) is 0 Å². The van der Waals surface area contributed by atoms with Crippen LogP contribution in [-0.2, 0) is 16.1 Å². The second-order valence-corrected chi connectivity index (χ2v) is 8.00. The lowest BCUT2D eigenvalue weighted by molar-refractivity contribution is -0.123. The molecule has 0 spiro atoms. The van der Waals surface area contributed by atoms with E-state index >= 15 is 0 Å². The van der Waals surface area contributed by atoms with Crippen molar-refractivity contribution in [2.45, 2.75) is 39.7 Å². The third kappa shape index (κ3) is 6.07. The molecule has 0 saturated carbocycles. The first-order valence-corrected chi connectivity index (χ1v) is 10.5. The Morgan fingerprint density at radius 2 is 1.87 bits per heavy atom. The highest BCUT2D eigenvalue weighted by Crippen LogP contribution is 2.21. The van der Waals surface area contributed by atoms with Crippen molar-refractivity contribution >= 4 is 17.5 Å². The number of carbonyl (C=O) groups excluding carboxylic acids is 2. The van der Waals surface area contributed by atoms with E-state index in [1.807, 2.05) is 50.2 Å². The Hall–Kier alpha value is -2.86. The topological polar surface area (TPSA) is 84.7 Å². The van der Waals surface area contributed by atoms with Gasteiger partial charge in [-0.3, -0.25) is 14.5 Å². The minimum absolute atomic E-state index is 0.00215. The zero-order chi connectivity index (χ0) is 21.5. The lowest BCUT2D eigenvalue weighted by Gasteiger charge is -2.30. The zero-order valence-corrected chi connectivity index (χ0v) is 17.8. The van der Waals surface area contributed by atoms with Crippen LogP contribution in [0, 0.1) is 19.8 Å². The third-order valence-electron chi connectivity index (χ3n) is 5.75. The molecular formula is C24H31N3O3. The monoisotopic (exact) mass is 409 g/mol. The summed E-state index contributed by atoms with van der Waals surface area (Å²) >= 11 is 0. The molecule has 30 heavy (non-hydrogen) atoms. The zero-order valence-electron chi connectivity index (χ0n) is 17.8. The molecule has 6 nitrogen and oxygen atoms in total. The Balaban J connectivity index is 1.46. The van der Waals surface area contributed by atoms with Gasteiger partial charge in [-0.15, -0.1) is 0 Å². The number of primary amides is 1. The van der Waals surface area contributed by atoms with E-state index in [1.165, 1.54) is 5.56 Å². The maximum absolute atomic E-state index is 12.3. The summed E-state index contributed by atoms with van der Waals surface area (Å²) in [5, 5.41) is 2.96. The molecular weight excluding hydrogens is 378 g/mol. The predicted octanol–water partition coefficient (Wildman–Crippen LogP) is 3.41. The number of benzene rings is 2. The number of amides is 2. The number of likely N-dealkylation sites (tertiary alicyclic amines) is 1. The molecule has 160 valence electrons. The summed E-state index contributed by atoms with van der Waals surface area (Å²) in [6.45, 7) is 6.92. The van der Waals surface area contributed by atoms with Crippen LogP contribution in [0.25, 0.3) is 0 Å². The van der Waals surface area contributed by atoms with Crippen molar-refractivity contribution in [1.82, 2.24) is 4.90 Å². The summed E-state index contributed by atoms with van der Waals surface area (Å²) < 4.78 is 5.78. The molecule has 1 aliphatic rings. The van der Waals surface area contributed by atoms with E-state index in [9.17, 15) is 9.59 Å². The standard InChI is InChI=1S/C24H31N3O3/c1-17-5-3-8-22(18(17)2)30-14-11-23(28)26-21-7-4-6-19(15-21)16-27-12-9-20(10-13-27)24(25)29/h3-8,15,20H,9-14,16H2,1-2H3,(H2,25,29)(H,26,28). The molecule has 2 amide bonds. The van der Waals surface area contributed by atoms with E-state index in [-0.39, 0.29) is 24.2 Å². The van der Waals surface area contributed by atoms with E-state index in [1.54, 1.807) is 0 Å². The minimum atomic E-state index is -0.194. The van der Waals surface area contributed by atoms with Crippen LogP contribution in [0.2, 0.25) is 0 Å². The molecule has 3 N–H and O–H groups in total. The molecule has 1 saturated heterocycles.